The molecule has 0 bridgehead atoms. The molecular formula is C6H11Br2NO. The van der Waals surface area contributed by atoms with E-state index in [1.807, 2.05) is 6.92 Å². The predicted molar refractivity (Wildman–Crippen MR) is 49.4 cm³/mol. The van der Waals surface area contributed by atoms with E-state index in [9.17, 15) is 4.79 Å². The van der Waals surface area contributed by atoms with Crippen molar-refractivity contribution >= 4 is 36.9 Å². The zero-order valence-electron chi connectivity index (χ0n) is 6.27. The van der Waals surface area contributed by atoms with Crippen molar-refractivity contribution in [2.45, 2.75) is 26.8 Å². The van der Waals surface area contributed by atoms with Crippen molar-refractivity contribution in [2.24, 2.45) is 5.92 Å². The summed E-state index contributed by atoms with van der Waals surface area (Å²) in [4.78, 5) is 10.6. The van der Waals surface area contributed by atoms with Gasteiger partial charge in [-0.3, -0.25) is 8.72 Å². The van der Waals surface area contributed by atoms with Gasteiger partial charge in [0.15, 0.2) is 0 Å². The molecule has 1 unspecified atom stereocenters. The van der Waals surface area contributed by atoms with Gasteiger partial charge in [-0.1, -0.05) is 13.8 Å². The van der Waals surface area contributed by atoms with Gasteiger partial charge in [0.2, 0.25) is 0 Å². The van der Waals surface area contributed by atoms with Crippen LogP contribution in [0.3, 0.4) is 0 Å². The van der Waals surface area contributed by atoms with Gasteiger partial charge in [-0.25, -0.2) is 0 Å². The lowest BCUT2D eigenvalue weighted by Gasteiger charge is -2.22. The summed E-state index contributed by atoms with van der Waals surface area (Å²) in [6.45, 7) is 6.11. The number of hydrogen-bond donors (Lipinski definition) is 0. The Hall–Kier alpha value is 0.430. The van der Waals surface area contributed by atoms with Crippen molar-refractivity contribution in [3.8, 4) is 0 Å². The fraction of sp³-hybridized carbons (Fsp3) is 0.833. The Labute approximate surface area is 78.4 Å². The second-order valence-corrected chi connectivity index (χ2v) is 3.99. The molecule has 10 heavy (non-hydrogen) atoms. The van der Waals surface area contributed by atoms with E-state index in [0.717, 1.165) is 0 Å². The molecule has 0 aliphatic heterocycles. The number of hydrogen-bond acceptors (Lipinski definition) is 1. The highest BCUT2D eigenvalue weighted by atomic mass is 79.9. The van der Waals surface area contributed by atoms with Crippen LogP contribution in [0.5, 0.6) is 0 Å². The zero-order valence-corrected chi connectivity index (χ0v) is 9.44. The molecule has 0 rings (SSSR count). The second kappa shape index (κ2) is 4.34. The third kappa shape index (κ3) is 3.01. The van der Waals surface area contributed by atoms with Gasteiger partial charge < -0.3 is 0 Å². The predicted octanol–water partition coefficient (Wildman–Crippen LogP) is 3.16. The number of halogens is 2. The minimum absolute atomic E-state index is 0.131. The van der Waals surface area contributed by atoms with Gasteiger partial charge in [0.05, 0.1) is 16.1 Å². The Balaban J connectivity index is 3.94. The number of rotatable bonds is 2. The van der Waals surface area contributed by atoms with E-state index in [0.29, 0.717) is 5.92 Å². The molecule has 0 aromatic heterocycles. The Bertz CT molecular complexity index is 127. The minimum Gasteiger partial charge on any atom is -0.266 e. The third-order valence-electron chi connectivity index (χ3n) is 1.49. The normalized spacial score (nSPS) is 13.4. The molecule has 0 aliphatic rings. The van der Waals surface area contributed by atoms with Gasteiger partial charge in [0, 0.05) is 22.0 Å². The summed E-state index contributed by atoms with van der Waals surface area (Å²) in [6, 6.07) is 0.215. The molecule has 1 amide bonds. The Morgan fingerprint density at radius 2 is 1.80 bits per heavy atom. The first kappa shape index (κ1) is 10.4. The third-order valence-corrected chi connectivity index (χ3v) is 3.32. The molecule has 0 aromatic rings. The van der Waals surface area contributed by atoms with E-state index >= 15 is 0 Å². The number of carbonyl (C=O) groups is 1. The monoisotopic (exact) mass is 271 g/mol. The molecule has 0 aliphatic carbocycles. The SMILES string of the molecule is CC(C)C(C)N(Br)C(=O)Br. The molecule has 4 heteroatoms. The lowest BCUT2D eigenvalue weighted by molar-refractivity contribution is 0.236. The fourth-order valence-corrected chi connectivity index (χ4v) is 1.22. The van der Waals surface area contributed by atoms with Crippen molar-refractivity contribution in [2.75, 3.05) is 0 Å². The highest BCUT2D eigenvalue weighted by Gasteiger charge is 2.17. The van der Waals surface area contributed by atoms with Gasteiger partial charge in [0.25, 0.3) is 4.82 Å². The Morgan fingerprint density at radius 3 is 1.90 bits per heavy atom. The van der Waals surface area contributed by atoms with Crippen molar-refractivity contribution in [3.63, 3.8) is 0 Å². The van der Waals surface area contributed by atoms with Gasteiger partial charge >= 0.3 is 0 Å². The summed E-state index contributed by atoms with van der Waals surface area (Å²) in [5.74, 6) is 0.459. The zero-order chi connectivity index (χ0) is 8.31. The number of carbonyl (C=O) groups excluding carboxylic acids is 1. The van der Waals surface area contributed by atoms with Crippen LogP contribution in [-0.4, -0.2) is 14.8 Å². The summed E-state index contributed by atoms with van der Waals surface area (Å²) in [5, 5.41) is 0. The first-order valence-corrected chi connectivity index (χ1v) is 4.61. The molecule has 0 N–H and O–H groups in total. The van der Waals surface area contributed by atoms with E-state index in [1.54, 1.807) is 0 Å². The molecule has 0 radical (unpaired) electrons. The lowest BCUT2D eigenvalue weighted by Crippen LogP contribution is -2.29. The molecule has 0 spiro atoms. The van der Waals surface area contributed by atoms with Gasteiger partial charge in [-0.15, -0.1) is 0 Å². The average Bonchev–Trinajstić information content (AvgIpc) is 1.84. The lowest BCUT2D eigenvalue weighted by atomic mass is 10.1. The van der Waals surface area contributed by atoms with E-state index in [4.69, 9.17) is 0 Å². The van der Waals surface area contributed by atoms with Crippen molar-refractivity contribution in [1.82, 2.24) is 3.93 Å². The number of nitrogens with zero attached hydrogens (tertiary/aromatic N) is 1. The van der Waals surface area contributed by atoms with Crippen LogP contribution in [0.4, 0.5) is 4.79 Å². The molecular weight excluding hydrogens is 262 g/mol. The van der Waals surface area contributed by atoms with Gasteiger partial charge in [-0.05, 0) is 12.8 Å². The summed E-state index contributed by atoms with van der Waals surface area (Å²) in [6.07, 6.45) is 0. The first-order valence-electron chi connectivity index (χ1n) is 3.11. The van der Waals surface area contributed by atoms with Crippen LogP contribution in [0.25, 0.3) is 0 Å². The molecule has 0 heterocycles. The fourth-order valence-electron chi connectivity index (χ4n) is 0.422. The van der Waals surface area contributed by atoms with Crippen molar-refractivity contribution in [1.29, 1.82) is 0 Å². The standard InChI is InChI=1S/C6H11Br2NO/c1-4(2)5(3)9(8)6(7)10/h4-5H,1-3H3. The molecule has 60 valence electrons. The maximum absolute atomic E-state index is 10.7. The molecule has 2 nitrogen and oxygen atoms in total. The quantitative estimate of drug-likeness (QED) is 0.430. The van der Waals surface area contributed by atoms with E-state index in [-0.39, 0.29) is 10.9 Å². The first-order chi connectivity index (χ1) is 4.46. The smallest absolute Gasteiger partial charge is 0.266 e. The topological polar surface area (TPSA) is 20.3 Å². The molecule has 0 aromatic carbocycles. The largest absolute Gasteiger partial charge is 0.299 e. The van der Waals surface area contributed by atoms with Crippen LogP contribution >= 0.6 is 32.1 Å². The van der Waals surface area contributed by atoms with Crippen LogP contribution in [0.1, 0.15) is 20.8 Å². The van der Waals surface area contributed by atoms with Crippen LogP contribution in [0.15, 0.2) is 0 Å². The summed E-state index contributed by atoms with van der Waals surface area (Å²) in [7, 11) is 0. The van der Waals surface area contributed by atoms with Crippen molar-refractivity contribution in [3.05, 3.63) is 0 Å². The minimum atomic E-state index is -0.131. The van der Waals surface area contributed by atoms with Crippen LogP contribution < -0.4 is 0 Å². The van der Waals surface area contributed by atoms with Crippen LogP contribution in [0, 0.1) is 5.92 Å². The summed E-state index contributed by atoms with van der Waals surface area (Å²) < 4.78 is 1.50. The highest BCUT2D eigenvalue weighted by molar-refractivity contribution is 9.19. The summed E-state index contributed by atoms with van der Waals surface area (Å²) in [5.41, 5.74) is 0. The number of amides is 1. The summed E-state index contributed by atoms with van der Waals surface area (Å²) >= 11 is 5.99. The maximum Gasteiger partial charge on any atom is 0.299 e. The molecule has 0 saturated carbocycles. The molecule has 1 atom stereocenters. The van der Waals surface area contributed by atoms with Gasteiger partial charge in [-0.2, -0.15) is 0 Å². The Morgan fingerprint density at radius 1 is 1.40 bits per heavy atom. The average molecular weight is 273 g/mol. The van der Waals surface area contributed by atoms with Crippen LogP contribution in [0.2, 0.25) is 0 Å². The van der Waals surface area contributed by atoms with Gasteiger partial charge in [0.1, 0.15) is 0 Å². The van der Waals surface area contributed by atoms with E-state index in [2.05, 4.69) is 45.9 Å². The molecule has 0 saturated heterocycles. The highest BCUT2D eigenvalue weighted by Crippen LogP contribution is 2.16. The van der Waals surface area contributed by atoms with E-state index in [1.165, 1.54) is 3.93 Å². The Kier molecular flexibility index (Phi) is 4.52. The maximum atomic E-state index is 10.7. The molecule has 0 fully saturated rings. The van der Waals surface area contributed by atoms with Crippen molar-refractivity contribution < 1.29 is 4.79 Å². The second-order valence-electron chi connectivity index (χ2n) is 2.55. The van der Waals surface area contributed by atoms with E-state index < -0.39 is 0 Å². The van der Waals surface area contributed by atoms with Crippen LogP contribution in [-0.2, 0) is 0 Å².